The summed E-state index contributed by atoms with van der Waals surface area (Å²) < 4.78 is 0. The van der Waals surface area contributed by atoms with E-state index >= 15 is 0 Å². The van der Waals surface area contributed by atoms with E-state index in [0.717, 1.165) is 11.1 Å². The SMILES string of the molecule is NC(N)=Nc1ccc(CC(=O)c2ccccc2)cc1. The number of guanidine groups is 1. The Morgan fingerprint density at radius 1 is 0.947 bits per heavy atom. The molecule has 2 rings (SSSR count). The van der Waals surface area contributed by atoms with Crippen molar-refractivity contribution in [1.82, 2.24) is 0 Å². The lowest BCUT2D eigenvalue weighted by atomic mass is 10.0. The Hall–Kier alpha value is -2.62. The minimum atomic E-state index is 0.0214. The molecular weight excluding hydrogens is 238 g/mol. The van der Waals surface area contributed by atoms with E-state index in [1.807, 2.05) is 42.5 Å². The highest BCUT2D eigenvalue weighted by atomic mass is 16.1. The first-order valence-corrected chi connectivity index (χ1v) is 5.92. The van der Waals surface area contributed by atoms with E-state index in [1.54, 1.807) is 12.1 Å². The van der Waals surface area contributed by atoms with Crippen LogP contribution in [0.4, 0.5) is 5.69 Å². The summed E-state index contributed by atoms with van der Waals surface area (Å²) in [6.07, 6.45) is 0.367. The monoisotopic (exact) mass is 253 g/mol. The molecule has 96 valence electrons. The standard InChI is InChI=1S/C15H15N3O/c16-15(17)18-13-8-6-11(7-9-13)10-14(19)12-4-2-1-3-5-12/h1-9H,10H2,(H4,16,17,18). The number of ketones is 1. The molecule has 0 aliphatic carbocycles. The number of hydrogen-bond donors (Lipinski definition) is 2. The number of hydrogen-bond acceptors (Lipinski definition) is 2. The third kappa shape index (κ3) is 3.67. The number of rotatable bonds is 4. The first kappa shape index (κ1) is 12.8. The van der Waals surface area contributed by atoms with Crippen molar-refractivity contribution < 1.29 is 4.79 Å². The predicted octanol–water partition coefficient (Wildman–Crippen LogP) is 2.02. The van der Waals surface area contributed by atoms with Crippen molar-refractivity contribution in [1.29, 1.82) is 0 Å². The highest BCUT2D eigenvalue weighted by Gasteiger charge is 2.06. The number of nitrogens with two attached hydrogens (primary N) is 2. The molecule has 0 radical (unpaired) electrons. The van der Waals surface area contributed by atoms with Gasteiger partial charge in [-0.2, -0.15) is 0 Å². The van der Waals surface area contributed by atoms with Crippen molar-refractivity contribution >= 4 is 17.4 Å². The zero-order valence-corrected chi connectivity index (χ0v) is 10.4. The molecule has 4 heteroatoms. The van der Waals surface area contributed by atoms with Gasteiger partial charge in [0.05, 0.1) is 5.69 Å². The van der Waals surface area contributed by atoms with Crippen LogP contribution in [0.3, 0.4) is 0 Å². The lowest BCUT2D eigenvalue weighted by Crippen LogP contribution is -2.21. The maximum absolute atomic E-state index is 12.0. The fraction of sp³-hybridized carbons (Fsp3) is 0.0667. The first-order valence-electron chi connectivity index (χ1n) is 5.92. The maximum atomic E-state index is 12.0. The molecule has 0 bridgehead atoms. The molecule has 0 fully saturated rings. The Bertz CT molecular complexity index is 585. The number of carbonyl (C=O) groups is 1. The van der Waals surface area contributed by atoms with Crippen LogP contribution in [-0.2, 0) is 6.42 Å². The summed E-state index contributed by atoms with van der Waals surface area (Å²) in [7, 11) is 0. The Morgan fingerprint density at radius 2 is 1.58 bits per heavy atom. The maximum Gasteiger partial charge on any atom is 0.191 e. The van der Waals surface area contributed by atoms with Gasteiger partial charge >= 0.3 is 0 Å². The van der Waals surface area contributed by atoms with Gasteiger partial charge in [-0.05, 0) is 17.7 Å². The zero-order valence-electron chi connectivity index (χ0n) is 10.4. The van der Waals surface area contributed by atoms with Crippen molar-refractivity contribution in [3.63, 3.8) is 0 Å². The minimum Gasteiger partial charge on any atom is -0.370 e. The van der Waals surface area contributed by atoms with Gasteiger partial charge in [-0.1, -0.05) is 42.5 Å². The van der Waals surface area contributed by atoms with Crippen LogP contribution in [0.25, 0.3) is 0 Å². The number of Topliss-reactive ketones (excluding diaryl/α,β-unsaturated/α-hetero) is 1. The summed E-state index contributed by atoms with van der Waals surface area (Å²) in [5.41, 5.74) is 12.9. The summed E-state index contributed by atoms with van der Waals surface area (Å²) in [5, 5.41) is 0. The predicted molar refractivity (Wildman–Crippen MR) is 76.4 cm³/mol. The second kappa shape index (κ2) is 5.82. The van der Waals surface area contributed by atoms with Gasteiger partial charge < -0.3 is 11.5 Å². The molecule has 0 aliphatic heterocycles. The molecule has 0 spiro atoms. The van der Waals surface area contributed by atoms with Crippen LogP contribution in [0.2, 0.25) is 0 Å². The number of aliphatic imine (C=N–C) groups is 1. The van der Waals surface area contributed by atoms with E-state index in [-0.39, 0.29) is 11.7 Å². The summed E-state index contributed by atoms with van der Waals surface area (Å²) in [5.74, 6) is 0.114. The van der Waals surface area contributed by atoms with Crippen LogP contribution in [0.15, 0.2) is 59.6 Å². The average molecular weight is 253 g/mol. The smallest absolute Gasteiger partial charge is 0.191 e. The largest absolute Gasteiger partial charge is 0.370 e. The summed E-state index contributed by atoms with van der Waals surface area (Å²) in [4.78, 5) is 15.9. The second-order valence-electron chi connectivity index (χ2n) is 4.17. The molecule has 4 N–H and O–H groups in total. The molecule has 0 atom stereocenters. The van der Waals surface area contributed by atoms with Crippen LogP contribution in [0.5, 0.6) is 0 Å². The van der Waals surface area contributed by atoms with Gasteiger partial charge in [-0.25, -0.2) is 4.99 Å². The topological polar surface area (TPSA) is 81.5 Å². The van der Waals surface area contributed by atoms with Crippen molar-refractivity contribution in [2.24, 2.45) is 16.5 Å². The molecule has 4 nitrogen and oxygen atoms in total. The van der Waals surface area contributed by atoms with Crippen LogP contribution in [0, 0.1) is 0 Å². The molecule has 0 aliphatic rings. The van der Waals surface area contributed by atoms with Gasteiger partial charge in [0.1, 0.15) is 0 Å². The van der Waals surface area contributed by atoms with Crippen molar-refractivity contribution in [3.05, 3.63) is 65.7 Å². The molecule has 0 aromatic heterocycles. The van der Waals surface area contributed by atoms with E-state index < -0.39 is 0 Å². The Labute approximate surface area is 111 Å². The van der Waals surface area contributed by atoms with E-state index in [0.29, 0.717) is 12.1 Å². The molecule has 0 heterocycles. The minimum absolute atomic E-state index is 0.0214. The van der Waals surface area contributed by atoms with E-state index in [9.17, 15) is 4.79 Å². The average Bonchev–Trinajstić information content (AvgIpc) is 2.41. The van der Waals surface area contributed by atoms with Gasteiger partial charge in [-0.3, -0.25) is 4.79 Å². The quantitative estimate of drug-likeness (QED) is 0.497. The van der Waals surface area contributed by atoms with Gasteiger partial charge in [0, 0.05) is 12.0 Å². The van der Waals surface area contributed by atoms with Crippen molar-refractivity contribution in [3.8, 4) is 0 Å². The lowest BCUT2D eigenvalue weighted by Gasteiger charge is -2.02. The van der Waals surface area contributed by atoms with Crippen LogP contribution < -0.4 is 11.5 Å². The van der Waals surface area contributed by atoms with Gasteiger partial charge in [0.25, 0.3) is 0 Å². The van der Waals surface area contributed by atoms with Crippen LogP contribution >= 0.6 is 0 Å². The van der Waals surface area contributed by atoms with Gasteiger partial charge in [0.15, 0.2) is 11.7 Å². The highest BCUT2D eigenvalue weighted by Crippen LogP contribution is 2.14. The van der Waals surface area contributed by atoms with E-state index in [4.69, 9.17) is 11.5 Å². The van der Waals surface area contributed by atoms with Crippen molar-refractivity contribution in [2.45, 2.75) is 6.42 Å². The Kier molecular flexibility index (Phi) is 3.93. The molecule has 2 aromatic carbocycles. The van der Waals surface area contributed by atoms with E-state index in [2.05, 4.69) is 4.99 Å². The van der Waals surface area contributed by atoms with Gasteiger partial charge in [-0.15, -0.1) is 0 Å². The Balaban J connectivity index is 2.08. The molecule has 19 heavy (non-hydrogen) atoms. The lowest BCUT2D eigenvalue weighted by molar-refractivity contribution is 0.0993. The second-order valence-corrected chi connectivity index (χ2v) is 4.17. The number of benzene rings is 2. The molecule has 0 saturated heterocycles. The third-order valence-corrected chi connectivity index (χ3v) is 2.65. The van der Waals surface area contributed by atoms with Crippen LogP contribution in [-0.4, -0.2) is 11.7 Å². The van der Waals surface area contributed by atoms with Crippen LogP contribution in [0.1, 0.15) is 15.9 Å². The summed E-state index contributed by atoms with van der Waals surface area (Å²) >= 11 is 0. The molecule has 0 unspecified atom stereocenters. The molecule has 0 saturated carbocycles. The summed E-state index contributed by atoms with van der Waals surface area (Å²) in [6.45, 7) is 0. The number of carbonyl (C=O) groups excluding carboxylic acids is 1. The Morgan fingerprint density at radius 3 is 2.16 bits per heavy atom. The van der Waals surface area contributed by atoms with Crippen molar-refractivity contribution in [2.75, 3.05) is 0 Å². The fourth-order valence-corrected chi connectivity index (χ4v) is 1.75. The fourth-order valence-electron chi connectivity index (χ4n) is 1.75. The molecule has 0 amide bonds. The summed E-state index contributed by atoms with van der Waals surface area (Å²) in [6, 6.07) is 16.5. The first-order chi connectivity index (χ1) is 9.15. The van der Waals surface area contributed by atoms with Gasteiger partial charge in [0.2, 0.25) is 0 Å². The highest BCUT2D eigenvalue weighted by molar-refractivity contribution is 5.97. The molecular formula is C15H15N3O. The normalized spacial score (nSPS) is 9.89. The van der Waals surface area contributed by atoms with E-state index in [1.165, 1.54) is 0 Å². The number of nitrogens with zero attached hydrogens (tertiary/aromatic N) is 1. The zero-order chi connectivity index (χ0) is 13.7. The molecule has 2 aromatic rings. The third-order valence-electron chi connectivity index (χ3n) is 2.65.